The summed E-state index contributed by atoms with van der Waals surface area (Å²) in [6.45, 7) is 2.17. The first-order valence-corrected chi connectivity index (χ1v) is 9.21. The Hall–Kier alpha value is -1.77. The minimum absolute atomic E-state index is 0.730. The number of halogens is 1. The highest BCUT2D eigenvalue weighted by molar-refractivity contribution is 7.98. The largest absolute Gasteiger partial charge is 0.248 e. The van der Waals surface area contributed by atoms with Crippen molar-refractivity contribution in [3.8, 4) is 22.5 Å². The van der Waals surface area contributed by atoms with Crippen molar-refractivity contribution in [3.05, 3.63) is 71.2 Å². The summed E-state index contributed by atoms with van der Waals surface area (Å²) in [7, 11) is 0. The van der Waals surface area contributed by atoms with Crippen LogP contribution in [0.25, 0.3) is 22.5 Å². The summed E-state index contributed by atoms with van der Waals surface area (Å²) < 4.78 is 0. The van der Waals surface area contributed by atoms with Crippen LogP contribution in [0.2, 0.25) is 5.02 Å². The summed E-state index contributed by atoms with van der Waals surface area (Å²) >= 11 is 7.86. The van der Waals surface area contributed by atoms with Gasteiger partial charge in [-0.1, -0.05) is 48.9 Å². The molecule has 0 aliphatic heterocycles. The van der Waals surface area contributed by atoms with Crippen molar-refractivity contribution >= 4 is 23.4 Å². The Balaban J connectivity index is 2.12. The third kappa shape index (κ3) is 3.77. The number of aryl methyl sites for hydroxylation is 1. The third-order valence-corrected chi connectivity index (χ3v) is 4.73. The predicted octanol–water partition coefficient (Wildman–Crippen LogP) is 6.35. The van der Waals surface area contributed by atoms with E-state index in [2.05, 4.69) is 49.6 Å². The molecule has 116 valence electrons. The van der Waals surface area contributed by atoms with Gasteiger partial charge in [0.2, 0.25) is 0 Å². The van der Waals surface area contributed by atoms with E-state index in [-0.39, 0.29) is 0 Å². The molecule has 0 bridgehead atoms. The van der Waals surface area contributed by atoms with Crippen LogP contribution in [-0.4, -0.2) is 11.2 Å². The molecular weight excluding hydrogens is 322 g/mol. The molecule has 0 amide bonds. The summed E-state index contributed by atoms with van der Waals surface area (Å²) in [5, 5.41) is 0.730. The van der Waals surface area contributed by atoms with Gasteiger partial charge in [0.1, 0.15) is 0 Å². The van der Waals surface area contributed by atoms with E-state index in [0.29, 0.717) is 0 Å². The topological polar surface area (TPSA) is 12.9 Å². The smallest absolute Gasteiger partial charge is 0.0721 e. The standard InChI is InChI=1S/C20H18ClNS/c1-3-14-6-4-7-15(10-14)19-12-18(23-2)13-20(22-19)16-8-5-9-17(21)11-16/h4-13H,3H2,1-2H3. The number of hydrogen-bond acceptors (Lipinski definition) is 2. The second-order valence-electron chi connectivity index (χ2n) is 5.34. The molecule has 0 saturated heterocycles. The average molecular weight is 340 g/mol. The number of benzene rings is 2. The van der Waals surface area contributed by atoms with E-state index < -0.39 is 0 Å². The van der Waals surface area contributed by atoms with Gasteiger partial charge in [0.25, 0.3) is 0 Å². The molecule has 1 nitrogen and oxygen atoms in total. The van der Waals surface area contributed by atoms with Gasteiger partial charge < -0.3 is 0 Å². The molecule has 3 heteroatoms. The summed E-state index contributed by atoms with van der Waals surface area (Å²) in [6, 6.07) is 20.7. The lowest BCUT2D eigenvalue weighted by Gasteiger charge is -2.09. The first-order valence-electron chi connectivity index (χ1n) is 7.61. The fourth-order valence-electron chi connectivity index (χ4n) is 2.52. The molecule has 23 heavy (non-hydrogen) atoms. The number of aromatic nitrogens is 1. The zero-order chi connectivity index (χ0) is 16.2. The lowest BCUT2D eigenvalue weighted by Crippen LogP contribution is -1.91. The molecular formula is C20H18ClNS. The van der Waals surface area contributed by atoms with Crippen LogP contribution in [0.4, 0.5) is 0 Å². The molecule has 3 rings (SSSR count). The zero-order valence-electron chi connectivity index (χ0n) is 13.2. The van der Waals surface area contributed by atoms with Gasteiger partial charge in [0.05, 0.1) is 11.4 Å². The van der Waals surface area contributed by atoms with Gasteiger partial charge in [-0.3, -0.25) is 0 Å². The Bertz CT molecular complexity index is 829. The molecule has 1 heterocycles. The van der Waals surface area contributed by atoms with Crippen molar-refractivity contribution in [2.75, 3.05) is 6.26 Å². The Morgan fingerprint density at radius 1 is 0.913 bits per heavy atom. The maximum atomic E-state index is 6.13. The molecule has 0 radical (unpaired) electrons. The van der Waals surface area contributed by atoms with E-state index in [1.165, 1.54) is 10.5 Å². The lowest BCUT2D eigenvalue weighted by atomic mass is 10.0. The molecule has 3 aromatic rings. The average Bonchev–Trinajstić information content (AvgIpc) is 2.61. The molecule has 0 N–H and O–H groups in total. The van der Waals surface area contributed by atoms with Gasteiger partial charge >= 0.3 is 0 Å². The van der Waals surface area contributed by atoms with E-state index in [0.717, 1.165) is 34.0 Å². The highest BCUT2D eigenvalue weighted by Crippen LogP contribution is 2.30. The van der Waals surface area contributed by atoms with Gasteiger partial charge in [-0.25, -0.2) is 4.98 Å². The Labute approximate surface area is 146 Å². The van der Waals surface area contributed by atoms with Crippen LogP contribution < -0.4 is 0 Å². The molecule has 0 fully saturated rings. The molecule has 2 aromatic carbocycles. The monoisotopic (exact) mass is 339 g/mol. The van der Waals surface area contributed by atoms with Crippen LogP contribution in [0.5, 0.6) is 0 Å². The van der Waals surface area contributed by atoms with Crippen molar-refractivity contribution in [2.24, 2.45) is 0 Å². The van der Waals surface area contributed by atoms with Crippen LogP contribution in [0.1, 0.15) is 12.5 Å². The third-order valence-electron chi connectivity index (χ3n) is 3.79. The molecule has 0 saturated carbocycles. The SMILES string of the molecule is CCc1cccc(-c2cc(SC)cc(-c3cccc(Cl)c3)n2)c1. The minimum Gasteiger partial charge on any atom is -0.248 e. The fourth-order valence-corrected chi connectivity index (χ4v) is 3.17. The van der Waals surface area contributed by atoms with Crippen LogP contribution in [0.3, 0.4) is 0 Å². The predicted molar refractivity (Wildman–Crippen MR) is 101 cm³/mol. The number of nitrogens with zero attached hydrogens (tertiary/aromatic N) is 1. The van der Waals surface area contributed by atoms with Crippen molar-refractivity contribution in [2.45, 2.75) is 18.2 Å². The van der Waals surface area contributed by atoms with Crippen molar-refractivity contribution in [3.63, 3.8) is 0 Å². The second kappa shape index (κ2) is 7.20. The molecule has 0 aliphatic carbocycles. The first kappa shape index (κ1) is 16.1. The Morgan fingerprint density at radius 3 is 2.17 bits per heavy atom. The molecule has 1 aromatic heterocycles. The van der Waals surface area contributed by atoms with E-state index >= 15 is 0 Å². The Kier molecular flexibility index (Phi) is 5.04. The first-order chi connectivity index (χ1) is 11.2. The molecule has 0 unspecified atom stereocenters. The maximum Gasteiger partial charge on any atom is 0.0721 e. The van der Waals surface area contributed by atoms with Gasteiger partial charge in [0, 0.05) is 21.0 Å². The van der Waals surface area contributed by atoms with Crippen molar-refractivity contribution in [1.82, 2.24) is 4.98 Å². The summed E-state index contributed by atoms with van der Waals surface area (Å²) in [4.78, 5) is 6.07. The van der Waals surface area contributed by atoms with Gasteiger partial charge in [0.15, 0.2) is 0 Å². The quantitative estimate of drug-likeness (QED) is 0.513. The van der Waals surface area contributed by atoms with Crippen LogP contribution in [0, 0.1) is 0 Å². The van der Waals surface area contributed by atoms with Crippen molar-refractivity contribution in [1.29, 1.82) is 0 Å². The minimum atomic E-state index is 0.730. The number of pyridine rings is 1. The van der Waals surface area contributed by atoms with Crippen molar-refractivity contribution < 1.29 is 0 Å². The van der Waals surface area contributed by atoms with E-state index in [1.54, 1.807) is 11.8 Å². The van der Waals surface area contributed by atoms with Crippen LogP contribution >= 0.6 is 23.4 Å². The van der Waals surface area contributed by atoms with E-state index in [9.17, 15) is 0 Å². The molecule has 0 aliphatic rings. The highest BCUT2D eigenvalue weighted by atomic mass is 35.5. The Morgan fingerprint density at radius 2 is 1.57 bits per heavy atom. The summed E-state index contributed by atoms with van der Waals surface area (Å²) in [5.41, 5.74) is 5.48. The summed E-state index contributed by atoms with van der Waals surface area (Å²) in [6.07, 6.45) is 3.11. The normalized spacial score (nSPS) is 10.7. The maximum absolute atomic E-state index is 6.13. The molecule has 0 atom stereocenters. The van der Waals surface area contributed by atoms with Gasteiger partial charge in [-0.2, -0.15) is 0 Å². The molecule has 0 spiro atoms. The highest BCUT2D eigenvalue weighted by Gasteiger charge is 2.08. The number of rotatable bonds is 4. The zero-order valence-corrected chi connectivity index (χ0v) is 14.8. The number of hydrogen-bond donors (Lipinski definition) is 0. The van der Waals surface area contributed by atoms with E-state index in [1.807, 2.05) is 24.3 Å². The fraction of sp³-hybridized carbons (Fsp3) is 0.150. The van der Waals surface area contributed by atoms with Crippen LogP contribution in [0.15, 0.2) is 65.6 Å². The van der Waals surface area contributed by atoms with E-state index in [4.69, 9.17) is 16.6 Å². The van der Waals surface area contributed by atoms with Crippen LogP contribution in [-0.2, 0) is 6.42 Å². The summed E-state index contributed by atoms with van der Waals surface area (Å²) in [5.74, 6) is 0. The lowest BCUT2D eigenvalue weighted by molar-refractivity contribution is 1.14. The van der Waals surface area contributed by atoms with Gasteiger partial charge in [-0.15, -0.1) is 11.8 Å². The second-order valence-corrected chi connectivity index (χ2v) is 6.66. The number of thioether (sulfide) groups is 1. The van der Waals surface area contributed by atoms with Gasteiger partial charge in [-0.05, 0) is 48.6 Å².